The van der Waals surface area contributed by atoms with Crippen LogP contribution in [0.5, 0.6) is 0 Å². The summed E-state index contributed by atoms with van der Waals surface area (Å²) >= 11 is 5.91. The third-order valence-electron chi connectivity index (χ3n) is 3.57. The molecule has 108 valence electrons. The van der Waals surface area contributed by atoms with Crippen LogP contribution in [-0.2, 0) is 0 Å². The van der Waals surface area contributed by atoms with Crippen molar-refractivity contribution in [1.82, 2.24) is 9.97 Å². The number of rotatable bonds is 1. The zero-order valence-electron chi connectivity index (χ0n) is 11.0. The second kappa shape index (κ2) is 5.08. The molecule has 1 aliphatic rings. The van der Waals surface area contributed by atoms with Gasteiger partial charge in [0.05, 0.1) is 0 Å². The van der Waals surface area contributed by atoms with Crippen molar-refractivity contribution >= 4 is 28.2 Å². The Balaban J connectivity index is 2.08. The fourth-order valence-corrected chi connectivity index (χ4v) is 2.60. The Bertz CT molecular complexity index is 732. The summed E-state index contributed by atoms with van der Waals surface area (Å²) in [6.07, 6.45) is 1.12. The third-order valence-corrected chi connectivity index (χ3v) is 3.78. The molecule has 3 rings (SSSR count). The minimum atomic E-state index is -2.63. The highest BCUT2D eigenvalue weighted by Crippen LogP contribution is 2.33. The average Bonchev–Trinajstić information content (AvgIpc) is 2.46. The van der Waals surface area contributed by atoms with Gasteiger partial charge in [0.25, 0.3) is 5.92 Å². The molecule has 0 spiro atoms. The Labute approximate surface area is 125 Å². The first-order valence-electron chi connectivity index (χ1n) is 6.48. The van der Waals surface area contributed by atoms with Crippen molar-refractivity contribution < 1.29 is 8.78 Å². The molecule has 0 bridgehead atoms. The molecule has 0 atom stereocenters. The lowest BCUT2D eigenvalue weighted by atomic mass is 10.1. The first kappa shape index (κ1) is 14.0. The number of nitrogens with zero attached hydrogens (tertiary/aromatic N) is 4. The van der Waals surface area contributed by atoms with Crippen LogP contribution >= 0.6 is 11.6 Å². The van der Waals surface area contributed by atoms with Crippen LogP contribution in [0.3, 0.4) is 0 Å². The number of hydrogen-bond donors (Lipinski definition) is 0. The van der Waals surface area contributed by atoms with Gasteiger partial charge >= 0.3 is 0 Å². The van der Waals surface area contributed by atoms with E-state index in [1.807, 2.05) is 6.07 Å². The van der Waals surface area contributed by atoms with Crippen LogP contribution in [0.15, 0.2) is 18.3 Å². The van der Waals surface area contributed by atoms with Gasteiger partial charge in [0, 0.05) is 42.9 Å². The third kappa shape index (κ3) is 2.74. The van der Waals surface area contributed by atoms with E-state index in [0.29, 0.717) is 11.0 Å². The van der Waals surface area contributed by atoms with Gasteiger partial charge in [-0.3, -0.25) is 0 Å². The Morgan fingerprint density at radius 1 is 1.29 bits per heavy atom. The van der Waals surface area contributed by atoms with E-state index in [2.05, 4.69) is 9.97 Å². The van der Waals surface area contributed by atoms with Gasteiger partial charge in [0.1, 0.15) is 22.7 Å². The SMILES string of the molecule is N#Cc1cc2cnc(Cl)cc2c(N2CCC(F)(F)CC2)n1. The highest BCUT2D eigenvalue weighted by molar-refractivity contribution is 6.30. The highest BCUT2D eigenvalue weighted by atomic mass is 35.5. The van der Waals surface area contributed by atoms with E-state index in [-0.39, 0.29) is 31.6 Å². The molecule has 3 heterocycles. The maximum atomic E-state index is 13.3. The molecular weight excluding hydrogens is 298 g/mol. The van der Waals surface area contributed by atoms with E-state index in [9.17, 15) is 8.78 Å². The number of fused-ring (bicyclic) bond motifs is 1. The fourth-order valence-electron chi connectivity index (χ4n) is 2.45. The van der Waals surface area contributed by atoms with Crippen molar-refractivity contribution in [2.75, 3.05) is 18.0 Å². The van der Waals surface area contributed by atoms with Gasteiger partial charge in [0.2, 0.25) is 0 Å². The summed E-state index contributed by atoms with van der Waals surface area (Å²) in [6.45, 7) is 0.397. The summed E-state index contributed by atoms with van der Waals surface area (Å²) in [5.41, 5.74) is 0.235. The number of alkyl halides is 2. The molecule has 4 nitrogen and oxygen atoms in total. The Morgan fingerprint density at radius 2 is 2.00 bits per heavy atom. The van der Waals surface area contributed by atoms with Gasteiger partial charge in [-0.05, 0) is 12.1 Å². The summed E-state index contributed by atoms with van der Waals surface area (Å²) in [7, 11) is 0. The van der Waals surface area contributed by atoms with E-state index in [1.54, 1.807) is 23.2 Å². The minimum absolute atomic E-state index is 0.198. The molecule has 2 aromatic rings. The number of halogens is 3. The van der Waals surface area contributed by atoms with E-state index < -0.39 is 5.92 Å². The maximum Gasteiger partial charge on any atom is 0.251 e. The van der Waals surface area contributed by atoms with Gasteiger partial charge in [-0.25, -0.2) is 18.7 Å². The second-order valence-corrected chi connectivity index (χ2v) is 5.40. The van der Waals surface area contributed by atoms with Crippen molar-refractivity contribution in [3.8, 4) is 6.07 Å². The quantitative estimate of drug-likeness (QED) is 0.758. The van der Waals surface area contributed by atoms with Crippen molar-refractivity contribution in [2.45, 2.75) is 18.8 Å². The Kier molecular flexibility index (Phi) is 3.38. The van der Waals surface area contributed by atoms with Crippen molar-refractivity contribution in [2.24, 2.45) is 0 Å². The molecule has 0 aliphatic carbocycles. The predicted octanol–water partition coefficient (Wildman–Crippen LogP) is 3.39. The smallest absolute Gasteiger partial charge is 0.251 e. The number of hydrogen-bond acceptors (Lipinski definition) is 4. The molecule has 1 saturated heterocycles. The lowest BCUT2D eigenvalue weighted by Gasteiger charge is -2.33. The van der Waals surface area contributed by atoms with Gasteiger partial charge in [-0.2, -0.15) is 5.26 Å². The largest absolute Gasteiger partial charge is 0.356 e. The fraction of sp³-hybridized carbons (Fsp3) is 0.357. The van der Waals surface area contributed by atoms with Crippen LogP contribution in [0.4, 0.5) is 14.6 Å². The van der Waals surface area contributed by atoms with Crippen molar-refractivity contribution in [1.29, 1.82) is 5.26 Å². The topological polar surface area (TPSA) is 52.8 Å². The lowest BCUT2D eigenvalue weighted by Crippen LogP contribution is -2.39. The number of anilines is 1. The van der Waals surface area contributed by atoms with Crippen molar-refractivity contribution in [3.63, 3.8) is 0 Å². The van der Waals surface area contributed by atoms with E-state index in [0.717, 1.165) is 10.8 Å². The summed E-state index contributed by atoms with van der Waals surface area (Å²) < 4.78 is 26.6. The molecule has 7 heteroatoms. The zero-order chi connectivity index (χ0) is 15.0. The highest BCUT2D eigenvalue weighted by Gasteiger charge is 2.34. The van der Waals surface area contributed by atoms with Crippen LogP contribution in [0.2, 0.25) is 5.15 Å². The number of piperidine rings is 1. The first-order chi connectivity index (χ1) is 9.98. The standard InChI is InChI=1S/C14H11ClF2N4/c15-12-6-11-9(8-19-12)5-10(7-18)20-13(11)21-3-1-14(16,17)2-4-21/h5-6,8H,1-4H2. The maximum absolute atomic E-state index is 13.3. The van der Waals surface area contributed by atoms with Crippen LogP contribution in [0.25, 0.3) is 10.8 Å². The zero-order valence-corrected chi connectivity index (χ0v) is 11.7. The molecule has 1 aliphatic heterocycles. The molecule has 0 unspecified atom stereocenters. The van der Waals surface area contributed by atoms with Gasteiger partial charge < -0.3 is 4.90 Å². The monoisotopic (exact) mass is 308 g/mol. The van der Waals surface area contributed by atoms with Crippen LogP contribution in [0.1, 0.15) is 18.5 Å². The summed E-state index contributed by atoms with van der Waals surface area (Å²) in [6, 6.07) is 5.24. The molecular formula is C14H11ClF2N4. The summed E-state index contributed by atoms with van der Waals surface area (Å²) in [5.74, 6) is -2.11. The normalized spacial score (nSPS) is 17.7. The van der Waals surface area contributed by atoms with Crippen LogP contribution in [0, 0.1) is 11.3 Å². The molecule has 0 amide bonds. The van der Waals surface area contributed by atoms with E-state index in [4.69, 9.17) is 16.9 Å². The average molecular weight is 309 g/mol. The van der Waals surface area contributed by atoms with Gasteiger partial charge in [-0.15, -0.1) is 0 Å². The minimum Gasteiger partial charge on any atom is -0.356 e. The molecule has 2 aromatic heterocycles. The van der Waals surface area contributed by atoms with E-state index in [1.165, 1.54) is 0 Å². The molecule has 1 fully saturated rings. The van der Waals surface area contributed by atoms with E-state index >= 15 is 0 Å². The van der Waals surface area contributed by atoms with Gasteiger partial charge in [0.15, 0.2) is 0 Å². The molecule has 0 N–H and O–H groups in total. The number of aromatic nitrogens is 2. The lowest BCUT2D eigenvalue weighted by molar-refractivity contribution is -0.0221. The Hall–Kier alpha value is -2.00. The predicted molar refractivity (Wildman–Crippen MR) is 75.7 cm³/mol. The summed E-state index contributed by atoms with van der Waals surface area (Å²) in [5, 5.41) is 10.8. The second-order valence-electron chi connectivity index (χ2n) is 5.01. The molecule has 0 saturated carbocycles. The molecule has 0 radical (unpaired) electrons. The van der Waals surface area contributed by atoms with Crippen LogP contribution in [-0.4, -0.2) is 29.0 Å². The Morgan fingerprint density at radius 3 is 2.67 bits per heavy atom. The van der Waals surface area contributed by atoms with Gasteiger partial charge in [-0.1, -0.05) is 11.6 Å². The molecule has 21 heavy (non-hydrogen) atoms. The number of nitriles is 1. The van der Waals surface area contributed by atoms with Crippen molar-refractivity contribution in [3.05, 3.63) is 29.2 Å². The number of pyridine rings is 2. The molecule has 0 aromatic carbocycles. The summed E-state index contributed by atoms with van der Waals surface area (Å²) in [4.78, 5) is 10.0. The first-order valence-corrected chi connectivity index (χ1v) is 6.85. The van der Waals surface area contributed by atoms with Crippen LogP contribution < -0.4 is 4.90 Å².